The smallest absolute Gasteiger partial charge is 0.223 e. The molecule has 0 N–H and O–H groups in total. The Hall–Kier alpha value is -2.24. The summed E-state index contributed by atoms with van der Waals surface area (Å²) in [6.45, 7) is 1.57. The molecule has 0 bridgehead atoms. The lowest BCUT2D eigenvalue weighted by atomic mass is 10.1. The van der Waals surface area contributed by atoms with Gasteiger partial charge in [-0.15, -0.1) is 0 Å². The van der Waals surface area contributed by atoms with Crippen LogP contribution in [0.3, 0.4) is 0 Å². The van der Waals surface area contributed by atoms with Gasteiger partial charge >= 0.3 is 0 Å². The maximum absolute atomic E-state index is 12.4. The Morgan fingerprint density at radius 1 is 1.38 bits per heavy atom. The first-order valence-electron chi connectivity index (χ1n) is 7.37. The Labute approximate surface area is 123 Å². The van der Waals surface area contributed by atoms with Crippen molar-refractivity contribution in [2.24, 2.45) is 0 Å². The van der Waals surface area contributed by atoms with Gasteiger partial charge in [-0.3, -0.25) is 14.5 Å². The molecule has 1 amide bonds. The molecule has 1 fully saturated rings. The summed E-state index contributed by atoms with van der Waals surface area (Å²) in [7, 11) is 0. The van der Waals surface area contributed by atoms with Gasteiger partial charge in [0.1, 0.15) is 12.7 Å². The number of carbonyl (C=O) groups excluding carboxylic acids is 1. The van der Waals surface area contributed by atoms with Gasteiger partial charge in [0.05, 0.1) is 11.7 Å². The molecular weight excluding hydrogens is 266 g/mol. The quantitative estimate of drug-likeness (QED) is 0.840. The lowest BCUT2D eigenvalue weighted by Gasteiger charge is -2.24. The predicted octanol–water partition coefficient (Wildman–Crippen LogP) is 1.82. The zero-order chi connectivity index (χ0) is 14.5. The van der Waals surface area contributed by atoms with E-state index >= 15 is 0 Å². The van der Waals surface area contributed by atoms with E-state index in [-0.39, 0.29) is 11.9 Å². The van der Waals surface area contributed by atoms with Gasteiger partial charge in [-0.05, 0) is 31.4 Å². The highest BCUT2D eigenvalue weighted by molar-refractivity contribution is 5.76. The first-order chi connectivity index (χ1) is 10.3. The van der Waals surface area contributed by atoms with Gasteiger partial charge in [-0.2, -0.15) is 5.10 Å². The van der Waals surface area contributed by atoms with Gasteiger partial charge in [0.25, 0.3) is 0 Å². The molecule has 1 aliphatic rings. The van der Waals surface area contributed by atoms with Crippen LogP contribution in [-0.2, 0) is 11.3 Å². The summed E-state index contributed by atoms with van der Waals surface area (Å²) in [5.74, 6) is 0.211. The molecule has 2 aromatic heterocycles. The van der Waals surface area contributed by atoms with Gasteiger partial charge in [-0.1, -0.05) is 6.07 Å². The second-order valence-electron chi connectivity index (χ2n) is 5.26. The largest absolute Gasteiger partial charge is 0.334 e. The van der Waals surface area contributed by atoms with E-state index in [1.807, 2.05) is 23.1 Å². The minimum Gasteiger partial charge on any atom is -0.334 e. The molecule has 1 atom stereocenters. The van der Waals surface area contributed by atoms with Gasteiger partial charge < -0.3 is 4.90 Å². The third-order valence-corrected chi connectivity index (χ3v) is 3.85. The number of carbonyl (C=O) groups is 1. The first kappa shape index (κ1) is 13.7. The molecule has 1 saturated heterocycles. The zero-order valence-corrected chi connectivity index (χ0v) is 11.9. The van der Waals surface area contributed by atoms with Crippen LogP contribution < -0.4 is 0 Å². The molecule has 21 heavy (non-hydrogen) atoms. The SMILES string of the molecule is O=C(CCCn1cncn1)N1CCCC1c1ccccn1. The molecule has 3 rings (SSSR count). The molecule has 1 unspecified atom stereocenters. The van der Waals surface area contributed by atoms with Crippen LogP contribution in [0, 0.1) is 0 Å². The summed E-state index contributed by atoms with van der Waals surface area (Å²) in [5.41, 5.74) is 1.000. The first-order valence-corrected chi connectivity index (χ1v) is 7.37. The molecule has 1 aliphatic heterocycles. The van der Waals surface area contributed by atoms with Crippen molar-refractivity contribution < 1.29 is 4.79 Å². The standard InChI is InChI=1S/C15H19N5O/c21-15(7-4-9-19-12-16-11-18-19)20-10-3-6-14(20)13-5-1-2-8-17-13/h1-2,5,8,11-12,14H,3-4,6-7,9-10H2. The van der Waals surface area contributed by atoms with Crippen LogP contribution in [0.4, 0.5) is 0 Å². The zero-order valence-electron chi connectivity index (χ0n) is 11.9. The average molecular weight is 285 g/mol. The summed E-state index contributed by atoms with van der Waals surface area (Å²) < 4.78 is 1.76. The summed E-state index contributed by atoms with van der Waals surface area (Å²) in [4.78, 5) is 22.7. The minimum atomic E-state index is 0.144. The molecule has 0 spiro atoms. The molecule has 3 heterocycles. The number of aromatic nitrogens is 4. The summed E-state index contributed by atoms with van der Waals surface area (Å²) in [6.07, 6.45) is 8.37. The predicted molar refractivity (Wildman–Crippen MR) is 77.2 cm³/mol. The van der Waals surface area contributed by atoms with Crippen molar-refractivity contribution in [3.63, 3.8) is 0 Å². The van der Waals surface area contributed by atoms with Crippen LogP contribution in [-0.4, -0.2) is 37.1 Å². The third-order valence-electron chi connectivity index (χ3n) is 3.85. The van der Waals surface area contributed by atoms with Crippen molar-refractivity contribution in [1.82, 2.24) is 24.6 Å². The van der Waals surface area contributed by atoms with Crippen molar-refractivity contribution in [2.75, 3.05) is 6.54 Å². The van der Waals surface area contributed by atoms with Gasteiger partial charge in [0.15, 0.2) is 0 Å². The number of aryl methyl sites for hydroxylation is 1. The molecule has 0 aromatic carbocycles. The molecule has 0 aliphatic carbocycles. The van der Waals surface area contributed by atoms with Crippen LogP contribution in [0.5, 0.6) is 0 Å². The number of hydrogen-bond acceptors (Lipinski definition) is 4. The van der Waals surface area contributed by atoms with Gasteiger partial charge in [0.2, 0.25) is 5.91 Å². The van der Waals surface area contributed by atoms with Crippen LogP contribution in [0.1, 0.15) is 37.4 Å². The van der Waals surface area contributed by atoms with E-state index in [0.29, 0.717) is 6.42 Å². The fraction of sp³-hybridized carbons (Fsp3) is 0.467. The summed E-state index contributed by atoms with van der Waals surface area (Å²) in [6, 6.07) is 6.03. The summed E-state index contributed by atoms with van der Waals surface area (Å²) >= 11 is 0. The fourth-order valence-corrected chi connectivity index (χ4v) is 2.83. The molecule has 110 valence electrons. The molecule has 6 heteroatoms. The second kappa shape index (κ2) is 6.47. The van der Waals surface area contributed by atoms with Crippen LogP contribution in [0.25, 0.3) is 0 Å². The van der Waals surface area contributed by atoms with E-state index < -0.39 is 0 Å². The Kier molecular flexibility index (Phi) is 4.23. The summed E-state index contributed by atoms with van der Waals surface area (Å²) in [5, 5.41) is 4.04. The lowest BCUT2D eigenvalue weighted by Crippen LogP contribution is -2.30. The highest BCUT2D eigenvalue weighted by atomic mass is 16.2. The van der Waals surface area contributed by atoms with E-state index in [9.17, 15) is 4.79 Å². The van der Waals surface area contributed by atoms with E-state index in [1.165, 1.54) is 6.33 Å². The third kappa shape index (κ3) is 3.26. The number of nitrogens with zero attached hydrogens (tertiary/aromatic N) is 5. The fourth-order valence-electron chi connectivity index (χ4n) is 2.83. The van der Waals surface area contributed by atoms with E-state index in [0.717, 1.165) is 38.0 Å². The van der Waals surface area contributed by atoms with Crippen molar-refractivity contribution in [2.45, 2.75) is 38.3 Å². The molecular formula is C15H19N5O. The van der Waals surface area contributed by atoms with Gasteiger partial charge in [0, 0.05) is 25.7 Å². The van der Waals surface area contributed by atoms with Crippen molar-refractivity contribution >= 4 is 5.91 Å². The van der Waals surface area contributed by atoms with E-state index in [2.05, 4.69) is 15.1 Å². The Morgan fingerprint density at radius 2 is 2.33 bits per heavy atom. The topological polar surface area (TPSA) is 63.9 Å². The van der Waals surface area contributed by atoms with E-state index in [1.54, 1.807) is 17.2 Å². The Morgan fingerprint density at radius 3 is 3.10 bits per heavy atom. The maximum atomic E-state index is 12.4. The van der Waals surface area contributed by atoms with Crippen LogP contribution in [0.2, 0.25) is 0 Å². The Bertz CT molecular complexity index is 569. The Balaban J connectivity index is 1.56. The number of hydrogen-bond donors (Lipinski definition) is 0. The molecule has 2 aromatic rings. The number of pyridine rings is 1. The van der Waals surface area contributed by atoms with Crippen LogP contribution in [0.15, 0.2) is 37.1 Å². The van der Waals surface area contributed by atoms with Crippen molar-refractivity contribution in [3.05, 3.63) is 42.7 Å². The second-order valence-corrected chi connectivity index (χ2v) is 5.26. The lowest BCUT2D eigenvalue weighted by molar-refractivity contribution is -0.132. The van der Waals surface area contributed by atoms with Crippen molar-refractivity contribution in [1.29, 1.82) is 0 Å². The highest BCUT2D eigenvalue weighted by Gasteiger charge is 2.30. The monoisotopic (exact) mass is 285 g/mol. The maximum Gasteiger partial charge on any atom is 0.223 e. The minimum absolute atomic E-state index is 0.144. The van der Waals surface area contributed by atoms with Gasteiger partial charge in [-0.25, -0.2) is 4.98 Å². The molecule has 6 nitrogen and oxygen atoms in total. The highest BCUT2D eigenvalue weighted by Crippen LogP contribution is 2.31. The van der Waals surface area contributed by atoms with Crippen LogP contribution >= 0.6 is 0 Å². The normalized spacial score (nSPS) is 18.1. The number of amides is 1. The van der Waals surface area contributed by atoms with E-state index in [4.69, 9.17) is 0 Å². The average Bonchev–Trinajstić information content (AvgIpc) is 3.19. The molecule has 0 radical (unpaired) electrons. The molecule has 0 saturated carbocycles. The number of likely N-dealkylation sites (tertiary alicyclic amines) is 1. The number of rotatable bonds is 5. The van der Waals surface area contributed by atoms with Crippen molar-refractivity contribution in [3.8, 4) is 0 Å².